The van der Waals surface area contributed by atoms with Gasteiger partial charge in [-0.1, -0.05) is 39.0 Å². The second-order valence-electron chi connectivity index (χ2n) is 5.88. The number of aromatic nitrogens is 3. The number of carbonyl (C=O) groups is 2. The number of nitrogens with one attached hydrogen (secondary N) is 1. The highest BCUT2D eigenvalue weighted by Crippen LogP contribution is 2.23. The monoisotopic (exact) mass is 330 g/mol. The van der Waals surface area contributed by atoms with E-state index in [9.17, 15) is 9.59 Å². The summed E-state index contributed by atoms with van der Waals surface area (Å²) in [6.07, 6.45) is 0.289. The normalized spacial score (nSPS) is 12.2. The van der Waals surface area contributed by atoms with Crippen LogP contribution in [0.2, 0.25) is 0 Å². The number of para-hydroxylation sites is 1. The summed E-state index contributed by atoms with van der Waals surface area (Å²) in [6, 6.07) is 6.84. The van der Waals surface area contributed by atoms with Crippen molar-refractivity contribution in [3.63, 3.8) is 0 Å². The lowest BCUT2D eigenvalue weighted by Crippen LogP contribution is -2.40. The van der Waals surface area contributed by atoms with Crippen LogP contribution in [0.5, 0.6) is 0 Å². The molecule has 2 aromatic rings. The maximum Gasteiger partial charge on any atom is 0.326 e. The van der Waals surface area contributed by atoms with Crippen molar-refractivity contribution >= 4 is 11.9 Å². The van der Waals surface area contributed by atoms with E-state index in [2.05, 4.69) is 29.2 Å². The maximum absolute atomic E-state index is 12.2. The number of nitrogens with zero attached hydrogens (tertiary/aromatic N) is 3. The Kier molecular flexibility index (Phi) is 5.33. The first kappa shape index (κ1) is 17.7. The number of aliphatic carboxylic acids is 1. The van der Waals surface area contributed by atoms with E-state index < -0.39 is 17.9 Å². The van der Waals surface area contributed by atoms with Gasteiger partial charge in [-0.05, 0) is 30.9 Å². The van der Waals surface area contributed by atoms with Gasteiger partial charge in [0.05, 0.1) is 5.69 Å². The van der Waals surface area contributed by atoms with Gasteiger partial charge in [-0.15, -0.1) is 5.10 Å². The molecule has 0 saturated carbocycles. The quantitative estimate of drug-likeness (QED) is 0.847. The van der Waals surface area contributed by atoms with Crippen LogP contribution in [-0.2, 0) is 4.79 Å². The lowest BCUT2D eigenvalue weighted by Gasteiger charge is -2.13. The number of carbonyl (C=O) groups excluding carboxylic acids is 1. The highest BCUT2D eigenvalue weighted by Gasteiger charge is 2.22. The van der Waals surface area contributed by atoms with Crippen molar-refractivity contribution < 1.29 is 14.7 Å². The number of amides is 1. The average molecular weight is 330 g/mol. The summed E-state index contributed by atoms with van der Waals surface area (Å²) in [5.74, 6) is -0.846. The second kappa shape index (κ2) is 7.25. The van der Waals surface area contributed by atoms with Crippen molar-refractivity contribution in [2.24, 2.45) is 0 Å². The molecular weight excluding hydrogens is 308 g/mol. The first-order valence-corrected chi connectivity index (χ1v) is 7.91. The Balaban J connectivity index is 2.34. The van der Waals surface area contributed by atoms with E-state index in [1.165, 1.54) is 0 Å². The van der Waals surface area contributed by atoms with Gasteiger partial charge in [-0.3, -0.25) is 4.79 Å². The number of hydrogen-bond acceptors (Lipinski definition) is 4. The SMILES string of the molecule is CCC(NC(=O)c1nc(C)n(-c2ccccc2C(C)C)n1)C(=O)O. The molecule has 24 heavy (non-hydrogen) atoms. The Morgan fingerprint density at radius 1 is 1.29 bits per heavy atom. The molecular formula is C17H22N4O3. The molecule has 1 amide bonds. The Hall–Kier alpha value is -2.70. The fourth-order valence-corrected chi connectivity index (χ4v) is 2.44. The predicted octanol–water partition coefficient (Wildman–Crippen LogP) is 2.29. The Morgan fingerprint density at radius 3 is 2.54 bits per heavy atom. The fourth-order valence-electron chi connectivity index (χ4n) is 2.44. The number of carboxylic acid groups (broad SMARTS) is 1. The van der Waals surface area contributed by atoms with Crippen LogP contribution < -0.4 is 5.32 Å². The van der Waals surface area contributed by atoms with Crippen LogP contribution >= 0.6 is 0 Å². The number of rotatable bonds is 6. The number of aryl methyl sites for hydroxylation is 1. The second-order valence-corrected chi connectivity index (χ2v) is 5.88. The van der Waals surface area contributed by atoms with Gasteiger partial charge in [-0.2, -0.15) is 0 Å². The van der Waals surface area contributed by atoms with Crippen LogP contribution in [0.4, 0.5) is 0 Å². The van der Waals surface area contributed by atoms with Gasteiger partial charge in [0.1, 0.15) is 11.9 Å². The van der Waals surface area contributed by atoms with Crippen LogP contribution in [0.15, 0.2) is 24.3 Å². The molecule has 0 fully saturated rings. The summed E-state index contributed by atoms with van der Waals surface area (Å²) in [4.78, 5) is 27.5. The third-order valence-corrected chi connectivity index (χ3v) is 3.77. The summed E-state index contributed by atoms with van der Waals surface area (Å²) < 4.78 is 1.62. The molecule has 0 aliphatic rings. The van der Waals surface area contributed by atoms with Crippen molar-refractivity contribution in [3.05, 3.63) is 41.5 Å². The lowest BCUT2D eigenvalue weighted by molar-refractivity contribution is -0.139. The molecule has 1 heterocycles. The van der Waals surface area contributed by atoms with E-state index in [0.29, 0.717) is 11.7 Å². The van der Waals surface area contributed by atoms with E-state index >= 15 is 0 Å². The van der Waals surface area contributed by atoms with E-state index in [1.807, 2.05) is 24.3 Å². The van der Waals surface area contributed by atoms with Gasteiger partial charge >= 0.3 is 5.97 Å². The van der Waals surface area contributed by atoms with Crippen molar-refractivity contribution in [3.8, 4) is 5.69 Å². The van der Waals surface area contributed by atoms with Crippen LogP contribution in [0.3, 0.4) is 0 Å². The van der Waals surface area contributed by atoms with Gasteiger partial charge in [0.25, 0.3) is 5.91 Å². The van der Waals surface area contributed by atoms with Crippen molar-refractivity contribution in [2.75, 3.05) is 0 Å². The van der Waals surface area contributed by atoms with E-state index in [1.54, 1.807) is 18.5 Å². The molecule has 7 nitrogen and oxygen atoms in total. The minimum atomic E-state index is -1.08. The minimum Gasteiger partial charge on any atom is -0.480 e. The molecule has 7 heteroatoms. The molecule has 2 N–H and O–H groups in total. The maximum atomic E-state index is 12.2. The molecule has 0 bridgehead atoms. The van der Waals surface area contributed by atoms with Gasteiger partial charge in [0.2, 0.25) is 5.82 Å². The molecule has 1 aromatic heterocycles. The summed E-state index contributed by atoms with van der Waals surface area (Å²) in [6.45, 7) is 7.61. The average Bonchev–Trinajstić information content (AvgIpc) is 2.93. The number of carboxylic acids is 1. The number of benzene rings is 1. The molecule has 0 spiro atoms. The molecule has 0 radical (unpaired) electrons. The van der Waals surface area contributed by atoms with Crippen molar-refractivity contribution in [2.45, 2.75) is 46.1 Å². The molecule has 1 atom stereocenters. The van der Waals surface area contributed by atoms with Crippen LogP contribution in [-0.4, -0.2) is 37.8 Å². The largest absolute Gasteiger partial charge is 0.480 e. The summed E-state index contributed by atoms with van der Waals surface area (Å²) in [7, 11) is 0. The third kappa shape index (κ3) is 3.61. The zero-order valence-corrected chi connectivity index (χ0v) is 14.3. The number of hydrogen-bond donors (Lipinski definition) is 2. The standard InChI is InChI=1S/C17H22N4O3/c1-5-13(17(23)24)19-16(22)15-18-11(4)21(20-15)14-9-7-6-8-12(14)10(2)3/h6-10,13H,5H2,1-4H3,(H,19,22)(H,23,24). The summed E-state index contributed by atoms with van der Waals surface area (Å²) in [5.41, 5.74) is 1.95. The van der Waals surface area contributed by atoms with Gasteiger partial charge in [0.15, 0.2) is 0 Å². The van der Waals surface area contributed by atoms with Gasteiger partial charge < -0.3 is 10.4 Å². The molecule has 1 unspecified atom stereocenters. The van der Waals surface area contributed by atoms with Crippen LogP contribution in [0.1, 0.15) is 55.1 Å². The molecule has 0 aliphatic carbocycles. The van der Waals surface area contributed by atoms with Crippen LogP contribution in [0.25, 0.3) is 5.69 Å². The molecule has 1 aromatic carbocycles. The van der Waals surface area contributed by atoms with Gasteiger partial charge in [-0.25, -0.2) is 14.5 Å². The lowest BCUT2D eigenvalue weighted by atomic mass is 10.0. The Labute approximate surface area is 140 Å². The smallest absolute Gasteiger partial charge is 0.326 e. The highest BCUT2D eigenvalue weighted by molar-refractivity contribution is 5.93. The summed E-state index contributed by atoms with van der Waals surface area (Å²) >= 11 is 0. The first-order valence-electron chi connectivity index (χ1n) is 7.91. The topological polar surface area (TPSA) is 97.1 Å². The zero-order chi connectivity index (χ0) is 17.9. The van der Waals surface area contributed by atoms with Crippen molar-refractivity contribution in [1.82, 2.24) is 20.1 Å². The van der Waals surface area contributed by atoms with E-state index in [0.717, 1.165) is 11.3 Å². The van der Waals surface area contributed by atoms with Crippen LogP contribution in [0, 0.1) is 6.92 Å². The molecule has 0 aliphatic heterocycles. The van der Waals surface area contributed by atoms with E-state index in [4.69, 9.17) is 5.11 Å². The molecule has 128 valence electrons. The van der Waals surface area contributed by atoms with Gasteiger partial charge in [0, 0.05) is 0 Å². The predicted molar refractivity (Wildman–Crippen MR) is 89.4 cm³/mol. The first-order chi connectivity index (χ1) is 11.3. The van der Waals surface area contributed by atoms with Crippen molar-refractivity contribution in [1.29, 1.82) is 0 Å². The fraction of sp³-hybridized carbons (Fsp3) is 0.412. The molecule has 0 saturated heterocycles. The highest BCUT2D eigenvalue weighted by atomic mass is 16.4. The van der Waals surface area contributed by atoms with E-state index in [-0.39, 0.29) is 12.2 Å². The summed E-state index contributed by atoms with van der Waals surface area (Å²) in [5, 5.41) is 15.7. The zero-order valence-electron chi connectivity index (χ0n) is 14.3. The molecule has 2 rings (SSSR count). The minimum absolute atomic E-state index is 0.0363. The Bertz CT molecular complexity index is 752. The Morgan fingerprint density at radius 2 is 1.96 bits per heavy atom. The third-order valence-electron chi connectivity index (χ3n) is 3.77.